The van der Waals surface area contributed by atoms with Crippen LogP contribution in [0.5, 0.6) is 0 Å². The van der Waals surface area contributed by atoms with Crippen LogP contribution in [0, 0.1) is 6.92 Å². The van der Waals surface area contributed by atoms with Gasteiger partial charge in [-0.15, -0.1) is 11.3 Å². The molecule has 1 unspecified atom stereocenters. The number of piperidine rings is 1. The topological polar surface area (TPSA) is 104 Å². The number of aliphatic hydroxyl groups excluding tert-OH is 1. The highest BCUT2D eigenvalue weighted by Gasteiger charge is 2.20. The van der Waals surface area contributed by atoms with Gasteiger partial charge in [0.15, 0.2) is 11.6 Å². The summed E-state index contributed by atoms with van der Waals surface area (Å²) in [6.07, 6.45) is 3.01. The first-order chi connectivity index (χ1) is 13.6. The number of nitrogens with zero attached hydrogens (tertiary/aromatic N) is 4. The highest BCUT2D eigenvalue weighted by atomic mass is 32.1. The SMILES string of the molecule is Cc1ccc(-c2nc(NC(=O)CN3CCCC(O)C3)cc(-c3nccs3)n2)o1. The molecule has 1 aliphatic heterocycles. The van der Waals surface area contributed by atoms with E-state index in [0.717, 1.165) is 30.2 Å². The predicted molar refractivity (Wildman–Crippen MR) is 106 cm³/mol. The molecule has 0 saturated carbocycles. The van der Waals surface area contributed by atoms with E-state index in [4.69, 9.17) is 4.42 Å². The molecule has 4 heterocycles. The Balaban J connectivity index is 1.57. The Morgan fingerprint density at radius 2 is 2.32 bits per heavy atom. The van der Waals surface area contributed by atoms with Crippen LogP contribution in [-0.2, 0) is 4.79 Å². The molecule has 1 saturated heterocycles. The third-order valence-corrected chi connectivity index (χ3v) is 5.25. The number of rotatable bonds is 5. The lowest BCUT2D eigenvalue weighted by Crippen LogP contribution is -2.42. The normalized spacial score (nSPS) is 17.6. The quantitative estimate of drug-likeness (QED) is 0.679. The second-order valence-corrected chi connectivity index (χ2v) is 7.68. The summed E-state index contributed by atoms with van der Waals surface area (Å²) in [6.45, 7) is 3.38. The van der Waals surface area contributed by atoms with Crippen LogP contribution < -0.4 is 5.32 Å². The minimum absolute atomic E-state index is 0.181. The molecule has 3 aromatic heterocycles. The largest absolute Gasteiger partial charge is 0.458 e. The van der Waals surface area contributed by atoms with Gasteiger partial charge >= 0.3 is 0 Å². The zero-order valence-electron chi connectivity index (χ0n) is 15.5. The number of aryl methyl sites for hydroxylation is 1. The van der Waals surface area contributed by atoms with Gasteiger partial charge in [-0.3, -0.25) is 9.69 Å². The molecule has 3 aromatic rings. The van der Waals surface area contributed by atoms with Gasteiger partial charge in [0.1, 0.15) is 22.3 Å². The van der Waals surface area contributed by atoms with Gasteiger partial charge in [0.05, 0.1) is 12.6 Å². The molecule has 28 heavy (non-hydrogen) atoms. The van der Waals surface area contributed by atoms with Crippen LogP contribution in [0.4, 0.5) is 5.82 Å². The van der Waals surface area contributed by atoms with E-state index in [-0.39, 0.29) is 18.6 Å². The van der Waals surface area contributed by atoms with Crippen molar-refractivity contribution >= 4 is 23.1 Å². The van der Waals surface area contributed by atoms with Crippen molar-refractivity contribution in [3.63, 3.8) is 0 Å². The van der Waals surface area contributed by atoms with Crippen LogP contribution in [-0.4, -0.2) is 56.6 Å². The number of likely N-dealkylation sites (tertiary alicyclic amines) is 1. The first-order valence-corrected chi connectivity index (χ1v) is 10.0. The molecule has 0 aromatic carbocycles. The Morgan fingerprint density at radius 1 is 1.43 bits per heavy atom. The number of carbonyl (C=O) groups excluding carboxylic acids is 1. The van der Waals surface area contributed by atoms with E-state index in [1.54, 1.807) is 18.3 Å². The minimum Gasteiger partial charge on any atom is -0.458 e. The molecule has 1 aliphatic rings. The number of aromatic nitrogens is 3. The van der Waals surface area contributed by atoms with Gasteiger partial charge in [0.25, 0.3) is 0 Å². The van der Waals surface area contributed by atoms with Gasteiger partial charge in [-0.1, -0.05) is 0 Å². The van der Waals surface area contributed by atoms with Crippen LogP contribution in [0.3, 0.4) is 0 Å². The van der Waals surface area contributed by atoms with Crippen LogP contribution in [0.1, 0.15) is 18.6 Å². The molecule has 9 heteroatoms. The van der Waals surface area contributed by atoms with Crippen molar-refractivity contribution in [2.45, 2.75) is 25.9 Å². The second-order valence-electron chi connectivity index (χ2n) is 6.79. The van der Waals surface area contributed by atoms with Crippen molar-refractivity contribution in [2.24, 2.45) is 0 Å². The number of anilines is 1. The second kappa shape index (κ2) is 8.17. The lowest BCUT2D eigenvalue weighted by atomic mass is 10.1. The zero-order chi connectivity index (χ0) is 19.5. The molecular weight excluding hydrogens is 378 g/mol. The number of hydrogen-bond acceptors (Lipinski definition) is 8. The smallest absolute Gasteiger partial charge is 0.239 e. The molecule has 1 fully saturated rings. The van der Waals surface area contributed by atoms with E-state index in [1.165, 1.54) is 11.3 Å². The van der Waals surface area contributed by atoms with Crippen molar-refractivity contribution in [2.75, 3.05) is 25.0 Å². The monoisotopic (exact) mass is 399 g/mol. The van der Waals surface area contributed by atoms with Gasteiger partial charge in [-0.25, -0.2) is 15.0 Å². The average molecular weight is 399 g/mol. The fraction of sp³-hybridized carbons (Fsp3) is 0.368. The number of furan rings is 1. The molecule has 1 amide bonds. The summed E-state index contributed by atoms with van der Waals surface area (Å²) in [7, 11) is 0. The van der Waals surface area contributed by atoms with Crippen molar-refractivity contribution in [3.05, 3.63) is 35.5 Å². The summed E-state index contributed by atoms with van der Waals surface area (Å²) < 4.78 is 5.64. The van der Waals surface area contributed by atoms with Crippen molar-refractivity contribution < 1.29 is 14.3 Å². The van der Waals surface area contributed by atoms with E-state index in [0.29, 0.717) is 29.6 Å². The Hall–Kier alpha value is -2.62. The summed E-state index contributed by atoms with van der Waals surface area (Å²) in [5.74, 6) is 1.90. The summed E-state index contributed by atoms with van der Waals surface area (Å²) >= 11 is 1.46. The van der Waals surface area contributed by atoms with Gasteiger partial charge in [-0.2, -0.15) is 0 Å². The van der Waals surface area contributed by atoms with Crippen LogP contribution >= 0.6 is 11.3 Å². The number of amides is 1. The molecular formula is C19H21N5O3S. The third kappa shape index (κ3) is 4.44. The van der Waals surface area contributed by atoms with Gasteiger partial charge < -0.3 is 14.8 Å². The lowest BCUT2D eigenvalue weighted by molar-refractivity contribution is -0.118. The summed E-state index contributed by atoms with van der Waals surface area (Å²) in [5, 5.41) is 15.2. The summed E-state index contributed by atoms with van der Waals surface area (Å²) in [6, 6.07) is 5.35. The van der Waals surface area contributed by atoms with Crippen LogP contribution in [0.25, 0.3) is 22.3 Å². The maximum absolute atomic E-state index is 12.5. The third-order valence-electron chi connectivity index (χ3n) is 4.45. The van der Waals surface area contributed by atoms with Gasteiger partial charge in [-0.05, 0) is 38.4 Å². The Kier molecular flexibility index (Phi) is 5.47. The number of β-amino-alcohol motifs (C(OH)–C–C–N with tert-alkyl or cyclic N) is 1. The maximum Gasteiger partial charge on any atom is 0.239 e. The van der Waals surface area contributed by atoms with Crippen molar-refractivity contribution in [3.8, 4) is 22.3 Å². The number of aliphatic hydroxyl groups is 1. The highest BCUT2D eigenvalue weighted by Crippen LogP contribution is 2.26. The van der Waals surface area contributed by atoms with Crippen LogP contribution in [0.15, 0.2) is 34.2 Å². The molecule has 146 valence electrons. The minimum atomic E-state index is -0.370. The standard InChI is InChI=1S/C19H21N5O3S/c1-12-4-5-15(27-12)18-21-14(19-20-6-8-28-19)9-16(23-18)22-17(26)11-24-7-2-3-13(25)10-24/h4-6,8-9,13,25H,2-3,7,10-11H2,1H3,(H,21,22,23,26). The van der Waals surface area contributed by atoms with E-state index in [2.05, 4.69) is 20.3 Å². The molecule has 2 N–H and O–H groups in total. The molecule has 1 atom stereocenters. The van der Waals surface area contributed by atoms with E-state index < -0.39 is 0 Å². The molecule has 0 radical (unpaired) electrons. The summed E-state index contributed by atoms with van der Waals surface area (Å²) in [5.41, 5.74) is 0.623. The average Bonchev–Trinajstić information content (AvgIpc) is 3.33. The number of carbonyl (C=O) groups is 1. The lowest BCUT2D eigenvalue weighted by Gasteiger charge is -2.29. The Bertz CT molecular complexity index is 956. The summed E-state index contributed by atoms with van der Waals surface area (Å²) in [4.78, 5) is 27.7. The van der Waals surface area contributed by atoms with E-state index in [1.807, 2.05) is 23.3 Å². The Labute approximate surface area is 166 Å². The Morgan fingerprint density at radius 3 is 3.04 bits per heavy atom. The maximum atomic E-state index is 12.5. The zero-order valence-corrected chi connectivity index (χ0v) is 16.3. The molecule has 0 spiro atoms. The predicted octanol–water partition coefficient (Wildman–Crippen LogP) is 2.56. The van der Waals surface area contributed by atoms with Crippen molar-refractivity contribution in [1.29, 1.82) is 0 Å². The van der Waals surface area contributed by atoms with E-state index in [9.17, 15) is 9.90 Å². The highest BCUT2D eigenvalue weighted by molar-refractivity contribution is 7.13. The van der Waals surface area contributed by atoms with Crippen molar-refractivity contribution in [1.82, 2.24) is 19.9 Å². The first-order valence-electron chi connectivity index (χ1n) is 9.13. The fourth-order valence-electron chi connectivity index (χ4n) is 3.20. The van der Waals surface area contributed by atoms with Gasteiger partial charge in [0.2, 0.25) is 5.91 Å². The van der Waals surface area contributed by atoms with E-state index >= 15 is 0 Å². The molecule has 4 rings (SSSR count). The van der Waals surface area contributed by atoms with Crippen LogP contribution in [0.2, 0.25) is 0 Å². The number of hydrogen-bond donors (Lipinski definition) is 2. The molecule has 8 nitrogen and oxygen atoms in total. The van der Waals surface area contributed by atoms with Gasteiger partial charge in [0, 0.05) is 24.2 Å². The molecule has 0 bridgehead atoms. The number of thiazole rings is 1. The number of nitrogens with one attached hydrogen (secondary N) is 1. The molecule has 0 aliphatic carbocycles. The first kappa shape index (κ1) is 18.7. The fourth-order valence-corrected chi connectivity index (χ4v) is 3.79.